The molecule has 2 aromatic heterocycles. The first-order chi connectivity index (χ1) is 14.9. The molecule has 1 saturated heterocycles. The summed E-state index contributed by atoms with van der Waals surface area (Å²) < 4.78 is 29.0. The summed E-state index contributed by atoms with van der Waals surface area (Å²) in [6.07, 6.45) is 3.55. The number of aryl methyl sites for hydroxylation is 1. The Labute approximate surface area is 186 Å². The molecule has 0 aliphatic carbocycles. The van der Waals surface area contributed by atoms with Crippen LogP contribution in [0, 0.1) is 6.92 Å². The first-order valence-electron chi connectivity index (χ1n) is 9.52. The molecule has 0 saturated carbocycles. The maximum Gasteiger partial charge on any atom is 0.387 e. The van der Waals surface area contributed by atoms with E-state index < -0.39 is 12.5 Å². The van der Waals surface area contributed by atoms with Crippen molar-refractivity contribution in [3.8, 4) is 17.0 Å². The summed E-state index contributed by atoms with van der Waals surface area (Å²) in [5, 5.41) is 3.27. The number of benzene rings is 1. The number of hydrogen-bond donors (Lipinski definition) is 1. The smallest absolute Gasteiger partial charge is 0.387 e. The monoisotopic (exact) mass is 465 g/mol. The van der Waals surface area contributed by atoms with Crippen LogP contribution in [0.5, 0.6) is 5.75 Å². The van der Waals surface area contributed by atoms with Crippen LogP contribution in [0.4, 0.5) is 19.9 Å². The summed E-state index contributed by atoms with van der Waals surface area (Å²) in [5.74, 6) is 0.0651. The lowest BCUT2D eigenvalue weighted by atomic mass is 10.1. The molecular weight excluding hydrogens is 448 g/mol. The fourth-order valence-corrected chi connectivity index (χ4v) is 4.26. The molecule has 162 valence electrons. The highest BCUT2D eigenvalue weighted by atomic mass is 35.5. The Balaban J connectivity index is 1.51. The molecule has 0 radical (unpaired) electrons. The molecule has 1 aliphatic heterocycles. The van der Waals surface area contributed by atoms with Gasteiger partial charge in [-0.05, 0) is 44.0 Å². The minimum atomic E-state index is -2.88. The van der Waals surface area contributed by atoms with E-state index in [0.29, 0.717) is 22.3 Å². The van der Waals surface area contributed by atoms with Crippen molar-refractivity contribution in [1.82, 2.24) is 15.0 Å². The number of ether oxygens (including phenoxy) is 1. The van der Waals surface area contributed by atoms with Crippen LogP contribution < -0.4 is 15.0 Å². The van der Waals surface area contributed by atoms with Gasteiger partial charge in [-0.15, -0.1) is 11.3 Å². The van der Waals surface area contributed by atoms with E-state index in [2.05, 4.69) is 25.0 Å². The maximum atomic E-state index is 12.8. The molecule has 1 amide bonds. The van der Waals surface area contributed by atoms with E-state index in [0.717, 1.165) is 30.8 Å². The predicted octanol–water partition coefficient (Wildman–Crippen LogP) is 5.02. The number of alkyl halides is 2. The number of nitrogens with zero attached hydrogens (tertiary/aromatic N) is 4. The average molecular weight is 466 g/mol. The lowest BCUT2D eigenvalue weighted by molar-refractivity contribution is -0.0498. The number of thiazole rings is 1. The number of anilines is 2. The Kier molecular flexibility index (Phi) is 6.28. The largest absolute Gasteiger partial charge is 0.435 e. The molecule has 7 nitrogen and oxygen atoms in total. The number of nitrogens with one attached hydrogen (secondary N) is 1. The van der Waals surface area contributed by atoms with Crippen molar-refractivity contribution in [2.24, 2.45) is 0 Å². The number of carbonyl (C=O) groups is 1. The molecule has 31 heavy (non-hydrogen) atoms. The second-order valence-electron chi connectivity index (χ2n) is 6.84. The normalized spacial score (nSPS) is 13.6. The Morgan fingerprint density at radius 3 is 2.61 bits per heavy atom. The SMILES string of the molecule is Cc1sc(NC(=O)c2nc(N3CCCC3)ncc2Cl)nc1-c1ccc(OC(F)F)cc1. The van der Waals surface area contributed by atoms with Gasteiger partial charge >= 0.3 is 6.61 Å². The summed E-state index contributed by atoms with van der Waals surface area (Å²) in [7, 11) is 0. The first kappa shape index (κ1) is 21.4. The average Bonchev–Trinajstić information content (AvgIpc) is 3.38. The molecule has 1 fully saturated rings. The molecule has 3 heterocycles. The number of rotatable bonds is 6. The van der Waals surface area contributed by atoms with Crippen molar-refractivity contribution in [2.45, 2.75) is 26.4 Å². The number of carbonyl (C=O) groups excluding carboxylic acids is 1. The third-order valence-electron chi connectivity index (χ3n) is 4.71. The van der Waals surface area contributed by atoms with Crippen LogP contribution in [0.1, 0.15) is 28.2 Å². The number of hydrogen-bond acceptors (Lipinski definition) is 7. The van der Waals surface area contributed by atoms with Gasteiger partial charge < -0.3 is 9.64 Å². The van der Waals surface area contributed by atoms with Gasteiger partial charge in [0.15, 0.2) is 10.8 Å². The zero-order valence-corrected chi connectivity index (χ0v) is 18.0. The molecule has 11 heteroatoms. The van der Waals surface area contributed by atoms with Gasteiger partial charge in [-0.3, -0.25) is 10.1 Å². The van der Waals surface area contributed by atoms with Gasteiger partial charge in [-0.25, -0.2) is 15.0 Å². The fraction of sp³-hybridized carbons (Fsp3) is 0.300. The molecule has 3 aromatic rings. The van der Waals surface area contributed by atoms with Gasteiger partial charge in [0, 0.05) is 23.5 Å². The summed E-state index contributed by atoms with van der Waals surface area (Å²) in [6, 6.07) is 6.15. The lowest BCUT2D eigenvalue weighted by Crippen LogP contribution is -2.23. The Morgan fingerprint density at radius 1 is 1.23 bits per heavy atom. The summed E-state index contributed by atoms with van der Waals surface area (Å²) >= 11 is 7.45. The second kappa shape index (κ2) is 9.11. The van der Waals surface area contributed by atoms with E-state index in [1.165, 1.54) is 29.7 Å². The van der Waals surface area contributed by atoms with Crippen molar-refractivity contribution < 1.29 is 18.3 Å². The molecule has 0 atom stereocenters. The zero-order chi connectivity index (χ0) is 22.0. The molecule has 0 unspecified atom stereocenters. The minimum Gasteiger partial charge on any atom is -0.435 e. The third kappa shape index (κ3) is 4.91. The van der Waals surface area contributed by atoms with E-state index in [1.54, 1.807) is 12.1 Å². The quantitative estimate of drug-likeness (QED) is 0.551. The van der Waals surface area contributed by atoms with Gasteiger partial charge in [0.1, 0.15) is 5.75 Å². The van der Waals surface area contributed by atoms with Gasteiger partial charge in [0.25, 0.3) is 5.91 Å². The molecule has 4 rings (SSSR count). The molecule has 0 bridgehead atoms. The predicted molar refractivity (Wildman–Crippen MR) is 115 cm³/mol. The second-order valence-corrected chi connectivity index (χ2v) is 8.45. The fourth-order valence-electron chi connectivity index (χ4n) is 3.25. The van der Waals surface area contributed by atoms with Crippen LogP contribution in [0.2, 0.25) is 5.02 Å². The summed E-state index contributed by atoms with van der Waals surface area (Å²) in [4.78, 5) is 28.7. The minimum absolute atomic E-state index is 0.0624. The van der Waals surface area contributed by atoms with Crippen molar-refractivity contribution in [3.05, 3.63) is 46.1 Å². The van der Waals surface area contributed by atoms with Crippen molar-refractivity contribution in [1.29, 1.82) is 0 Å². The van der Waals surface area contributed by atoms with E-state index in [4.69, 9.17) is 11.6 Å². The molecular formula is C20H18ClF2N5O2S. The molecule has 1 N–H and O–H groups in total. The molecule has 1 aliphatic rings. The zero-order valence-electron chi connectivity index (χ0n) is 16.4. The third-order valence-corrected chi connectivity index (χ3v) is 5.87. The van der Waals surface area contributed by atoms with Crippen LogP contribution in [0.25, 0.3) is 11.3 Å². The maximum absolute atomic E-state index is 12.8. The van der Waals surface area contributed by atoms with Crippen LogP contribution in [0.15, 0.2) is 30.5 Å². The highest BCUT2D eigenvalue weighted by Gasteiger charge is 2.21. The van der Waals surface area contributed by atoms with Crippen molar-refractivity contribution in [3.63, 3.8) is 0 Å². The number of halogens is 3. The van der Waals surface area contributed by atoms with Crippen molar-refractivity contribution in [2.75, 3.05) is 23.3 Å². The Bertz CT molecular complexity index is 1090. The summed E-state index contributed by atoms with van der Waals surface area (Å²) in [5.41, 5.74) is 1.43. The van der Waals surface area contributed by atoms with Crippen LogP contribution >= 0.6 is 22.9 Å². The van der Waals surface area contributed by atoms with E-state index >= 15 is 0 Å². The Morgan fingerprint density at radius 2 is 1.94 bits per heavy atom. The van der Waals surface area contributed by atoms with Gasteiger partial charge in [0.2, 0.25) is 5.95 Å². The Hall–Kier alpha value is -2.85. The number of aromatic nitrogens is 3. The topological polar surface area (TPSA) is 80.2 Å². The van der Waals surface area contributed by atoms with E-state index in [9.17, 15) is 13.6 Å². The molecule has 1 aromatic carbocycles. The summed E-state index contributed by atoms with van der Waals surface area (Å²) in [6.45, 7) is 0.667. The molecule has 0 spiro atoms. The van der Waals surface area contributed by atoms with E-state index in [1.807, 2.05) is 11.8 Å². The highest BCUT2D eigenvalue weighted by Crippen LogP contribution is 2.32. The van der Waals surface area contributed by atoms with Crippen LogP contribution in [0.3, 0.4) is 0 Å². The first-order valence-corrected chi connectivity index (χ1v) is 10.7. The van der Waals surface area contributed by atoms with E-state index in [-0.39, 0.29) is 16.5 Å². The number of amides is 1. The van der Waals surface area contributed by atoms with Crippen LogP contribution in [-0.2, 0) is 0 Å². The van der Waals surface area contributed by atoms with Gasteiger partial charge in [-0.1, -0.05) is 11.6 Å². The van der Waals surface area contributed by atoms with Crippen LogP contribution in [-0.4, -0.2) is 40.6 Å². The van der Waals surface area contributed by atoms with Gasteiger partial charge in [0.05, 0.1) is 16.9 Å². The lowest BCUT2D eigenvalue weighted by Gasteiger charge is -2.15. The standard InChI is InChI=1S/C20H18ClF2N5O2S/c1-11-15(12-4-6-13(7-5-12)30-18(22)23)26-20(31-11)27-17(29)16-14(21)10-24-19(25-16)28-8-2-3-9-28/h4-7,10,18H,2-3,8-9H2,1H3,(H,26,27,29). The van der Waals surface area contributed by atoms with Gasteiger partial charge in [-0.2, -0.15) is 8.78 Å². The van der Waals surface area contributed by atoms with Crippen molar-refractivity contribution >= 4 is 39.9 Å². The highest BCUT2D eigenvalue weighted by molar-refractivity contribution is 7.16.